The topological polar surface area (TPSA) is 34.1 Å². The van der Waals surface area contributed by atoms with Gasteiger partial charge in [-0.3, -0.25) is 0 Å². The molecule has 0 radical (unpaired) electrons. The zero-order chi connectivity index (χ0) is 14.8. The molecule has 0 bridgehead atoms. The molecule has 0 aliphatic carbocycles. The van der Waals surface area contributed by atoms with Crippen LogP contribution in [0.2, 0.25) is 5.02 Å². The van der Waals surface area contributed by atoms with Crippen LogP contribution in [-0.2, 0) is 9.84 Å². The summed E-state index contributed by atoms with van der Waals surface area (Å²) in [4.78, 5) is 0.335. The Morgan fingerprint density at radius 1 is 0.950 bits per heavy atom. The van der Waals surface area contributed by atoms with Gasteiger partial charge in [0.05, 0.1) is 10.6 Å². The Morgan fingerprint density at radius 3 is 2.15 bits per heavy atom. The molecular weight excluding hydrogens is 360 g/mol. The average Bonchev–Trinajstić information content (AvgIpc) is 2.42. The molecule has 114 valence electrons. The fraction of sp³-hybridized carbons (Fsp3) is 0.600. The Bertz CT molecular complexity index is 488. The summed E-state index contributed by atoms with van der Waals surface area (Å²) in [5.74, 6) is 0.217. The van der Waals surface area contributed by atoms with Crippen molar-refractivity contribution in [2.24, 2.45) is 0 Å². The molecule has 0 amide bonds. The molecule has 0 fully saturated rings. The Kier molecular flexibility index (Phi) is 8.82. The van der Waals surface area contributed by atoms with Crippen LogP contribution >= 0.6 is 27.5 Å². The van der Waals surface area contributed by atoms with Crippen LogP contribution in [0.4, 0.5) is 0 Å². The van der Waals surface area contributed by atoms with Crippen molar-refractivity contribution in [1.82, 2.24) is 0 Å². The molecule has 20 heavy (non-hydrogen) atoms. The van der Waals surface area contributed by atoms with E-state index in [9.17, 15) is 8.42 Å². The number of unbranched alkanes of at least 4 members (excludes halogenated alkanes) is 6. The van der Waals surface area contributed by atoms with Gasteiger partial charge in [0, 0.05) is 10.4 Å². The predicted molar refractivity (Wildman–Crippen MR) is 89.6 cm³/mol. The number of sulfone groups is 1. The van der Waals surface area contributed by atoms with Crippen LogP contribution in [0.1, 0.15) is 44.9 Å². The van der Waals surface area contributed by atoms with E-state index in [0.717, 1.165) is 24.6 Å². The third-order valence-electron chi connectivity index (χ3n) is 3.20. The van der Waals surface area contributed by atoms with Gasteiger partial charge >= 0.3 is 0 Å². The van der Waals surface area contributed by atoms with Crippen LogP contribution in [0.25, 0.3) is 0 Å². The molecule has 0 aromatic heterocycles. The van der Waals surface area contributed by atoms with Crippen LogP contribution in [0, 0.1) is 0 Å². The van der Waals surface area contributed by atoms with Gasteiger partial charge in [0.15, 0.2) is 9.84 Å². The smallest absolute Gasteiger partial charge is 0.178 e. The highest BCUT2D eigenvalue weighted by atomic mass is 79.9. The van der Waals surface area contributed by atoms with Gasteiger partial charge in [-0.1, -0.05) is 65.7 Å². The summed E-state index contributed by atoms with van der Waals surface area (Å²) in [7, 11) is -3.17. The minimum absolute atomic E-state index is 0.217. The monoisotopic (exact) mass is 380 g/mol. The summed E-state index contributed by atoms with van der Waals surface area (Å²) in [6.07, 6.45) is 7.75. The first kappa shape index (κ1) is 18.0. The van der Waals surface area contributed by atoms with Gasteiger partial charge in [0.2, 0.25) is 0 Å². The number of hydrogen-bond acceptors (Lipinski definition) is 2. The molecule has 2 nitrogen and oxygen atoms in total. The third-order valence-corrected chi connectivity index (χ3v) is 5.80. The van der Waals surface area contributed by atoms with E-state index >= 15 is 0 Å². The molecule has 0 atom stereocenters. The second-order valence-corrected chi connectivity index (χ2v) is 8.28. The zero-order valence-corrected chi connectivity index (χ0v) is 14.8. The van der Waals surface area contributed by atoms with Crippen LogP contribution in [-0.4, -0.2) is 19.5 Å². The number of rotatable bonds is 10. The standard InChI is InChI=1S/C15H22BrClO2S/c16-11-6-4-2-1-3-5-7-12-20(18,19)15-10-8-9-14(17)13-15/h8-10,13H,1-7,11-12H2. The van der Waals surface area contributed by atoms with Crippen molar-refractivity contribution in [3.05, 3.63) is 29.3 Å². The molecule has 1 aromatic rings. The number of halogens is 2. The van der Waals surface area contributed by atoms with Crippen LogP contribution in [0.15, 0.2) is 29.2 Å². The maximum atomic E-state index is 12.1. The molecule has 0 aliphatic rings. The van der Waals surface area contributed by atoms with Crippen molar-refractivity contribution in [2.45, 2.75) is 49.8 Å². The van der Waals surface area contributed by atoms with Gasteiger partial charge in [0.1, 0.15) is 0 Å². The molecule has 0 aliphatic heterocycles. The van der Waals surface area contributed by atoms with Crippen LogP contribution in [0.3, 0.4) is 0 Å². The van der Waals surface area contributed by atoms with E-state index in [0.29, 0.717) is 9.92 Å². The first-order valence-electron chi connectivity index (χ1n) is 7.10. The van der Waals surface area contributed by atoms with Gasteiger partial charge in [0.25, 0.3) is 0 Å². The van der Waals surface area contributed by atoms with E-state index < -0.39 is 9.84 Å². The summed E-state index contributed by atoms with van der Waals surface area (Å²) in [5, 5.41) is 1.54. The molecule has 0 saturated heterocycles. The minimum Gasteiger partial charge on any atom is -0.224 e. The van der Waals surface area contributed by atoms with Gasteiger partial charge < -0.3 is 0 Å². The highest BCUT2D eigenvalue weighted by Gasteiger charge is 2.13. The molecule has 5 heteroatoms. The van der Waals surface area contributed by atoms with E-state index in [1.165, 1.54) is 31.7 Å². The first-order valence-corrected chi connectivity index (χ1v) is 10.3. The van der Waals surface area contributed by atoms with E-state index in [2.05, 4.69) is 15.9 Å². The third kappa shape index (κ3) is 7.09. The van der Waals surface area contributed by atoms with Crippen LogP contribution in [0.5, 0.6) is 0 Å². The molecule has 1 rings (SSSR count). The predicted octanol–water partition coefficient (Wildman–Crippen LogP) is 5.24. The lowest BCUT2D eigenvalue weighted by molar-refractivity contribution is 0.579. The molecule has 1 aromatic carbocycles. The summed E-state index contributed by atoms with van der Waals surface area (Å²) in [6.45, 7) is 0. The Labute approximate surface area is 136 Å². The Morgan fingerprint density at radius 2 is 1.55 bits per heavy atom. The molecule has 0 unspecified atom stereocenters. The van der Waals surface area contributed by atoms with E-state index in [1.807, 2.05) is 0 Å². The number of benzene rings is 1. The van der Waals surface area contributed by atoms with Gasteiger partial charge in [-0.2, -0.15) is 0 Å². The Balaban J connectivity index is 2.24. The van der Waals surface area contributed by atoms with Crippen molar-refractivity contribution in [3.8, 4) is 0 Å². The second kappa shape index (κ2) is 9.80. The molecule has 0 N–H and O–H groups in total. The average molecular weight is 382 g/mol. The summed E-state index contributed by atoms with van der Waals surface area (Å²) in [6, 6.07) is 6.51. The lowest BCUT2D eigenvalue weighted by Gasteiger charge is -2.05. The minimum atomic E-state index is -3.17. The van der Waals surface area contributed by atoms with Crippen LogP contribution < -0.4 is 0 Å². The highest BCUT2D eigenvalue weighted by molar-refractivity contribution is 9.09. The maximum absolute atomic E-state index is 12.1. The van der Waals surface area contributed by atoms with Crippen molar-refractivity contribution in [2.75, 3.05) is 11.1 Å². The normalized spacial score (nSPS) is 11.7. The lowest BCUT2D eigenvalue weighted by Crippen LogP contribution is -2.06. The molecular formula is C15H22BrClO2S. The van der Waals surface area contributed by atoms with Crippen molar-refractivity contribution in [1.29, 1.82) is 0 Å². The second-order valence-electron chi connectivity index (χ2n) is 4.94. The van der Waals surface area contributed by atoms with E-state index in [-0.39, 0.29) is 5.75 Å². The van der Waals surface area contributed by atoms with Gasteiger partial charge in [-0.25, -0.2) is 8.42 Å². The fourth-order valence-corrected chi connectivity index (χ4v) is 4.11. The van der Waals surface area contributed by atoms with E-state index in [4.69, 9.17) is 11.6 Å². The molecule has 0 saturated carbocycles. The van der Waals surface area contributed by atoms with Crippen molar-refractivity contribution < 1.29 is 8.42 Å². The summed E-state index contributed by atoms with van der Waals surface area (Å²) < 4.78 is 24.2. The quantitative estimate of drug-likeness (QED) is 0.410. The summed E-state index contributed by atoms with van der Waals surface area (Å²) in [5.41, 5.74) is 0. The summed E-state index contributed by atoms with van der Waals surface area (Å²) >= 11 is 9.24. The SMILES string of the molecule is O=S(=O)(CCCCCCCCCBr)c1cccc(Cl)c1. The van der Waals surface area contributed by atoms with Gasteiger partial charge in [-0.15, -0.1) is 0 Å². The maximum Gasteiger partial charge on any atom is 0.178 e. The molecule has 0 spiro atoms. The van der Waals surface area contributed by atoms with Crippen molar-refractivity contribution in [3.63, 3.8) is 0 Å². The number of alkyl halides is 1. The first-order chi connectivity index (χ1) is 9.56. The largest absolute Gasteiger partial charge is 0.224 e. The molecule has 0 heterocycles. The van der Waals surface area contributed by atoms with Crippen molar-refractivity contribution >= 4 is 37.4 Å². The van der Waals surface area contributed by atoms with Gasteiger partial charge in [-0.05, 0) is 31.0 Å². The zero-order valence-electron chi connectivity index (χ0n) is 11.7. The number of hydrogen-bond donors (Lipinski definition) is 0. The Hall–Kier alpha value is -0.0600. The van der Waals surface area contributed by atoms with E-state index in [1.54, 1.807) is 18.2 Å². The highest BCUT2D eigenvalue weighted by Crippen LogP contribution is 2.18. The fourth-order valence-electron chi connectivity index (χ4n) is 2.05. The lowest BCUT2D eigenvalue weighted by atomic mass is 10.1.